The zero-order valence-electron chi connectivity index (χ0n) is 19.2. The minimum atomic E-state index is -0.652. The summed E-state index contributed by atoms with van der Waals surface area (Å²) in [5.41, 5.74) is 9.96. The van der Waals surface area contributed by atoms with Crippen LogP contribution < -0.4 is 20.3 Å². The highest BCUT2D eigenvalue weighted by atomic mass is 16.5. The van der Waals surface area contributed by atoms with Gasteiger partial charge in [-0.3, -0.25) is 14.4 Å². The Labute approximate surface area is 202 Å². The molecule has 0 spiro atoms. The van der Waals surface area contributed by atoms with Crippen molar-refractivity contribution in [2.24, 2.45) is 5.73 Å². The van der Waals surface area contributed by atoms with Crippen LogP contribution in [0.25, 0.3) is 5.69 Å². The average molecular weight is 472 g/mol. The molecule has 0 saturated carbocycles. The molecule has 2 N–H and O–H groups in total. The van der Waals surface area contributed by atoms with Gasteiger partial charge in [0.1, 0.15) is 11.4 Å². The second-order valence-corrected chi connectivity index (χ2v) is 9.07. The quantitative estimate of drug-likeness (QED) is 0.629. The zero-order valence-corrected chi connectivity index (χ0v) is 19.2. The molecule has 4 heterocycles. The number of amides is 3. The normalized spacial score (nSPS) is 17.3. The number of nitrogens with two attached hydrogens (primary N) is 1. The molecule has 0 atom stereocenters. The number of benzene rings is 2. The molecule has 1 saturated heterocycles. The van der Waals surface area contributed by atoms with Crippen LogP contribution in [0.2, 0.25) is 0 Å². The van der Waals surface area contributed by atoms with Gasteiger partial charge in [0.15, 0.2) is 5.69 Å². The molecule has 0 unspecified atom stereocenters. The van der Waals surface area contributed by atoms with Crippen LogP contribution in [0.3, 0.4) is 0 Å². The van der Waals surface area contributed by atoms with Crippen molar-refractivity contribution in [2.75, 3.05) is 29.5 Å². The van der Waals surface area contributed by atoms with E-state index in [1.54, 1.807) is 9.80 Å². The molecule has 0 bridgehead atoms. The maximum atomic E-state index is 13.7. The third-order valence-corrected chi connectivity index (χ3v) is 6.96. The lowest BCUT2D eigenvalue weighted by Crippen LogP contribution is -2.39. The third kappa shape index (κ3) is 3.54. The summed E-state index contributed by atoms with van der Waals surface area (Å²) >= 11 is 0. The predicted molar refractivity (Wildman–Crippen MR) is 129 cm³/mol. The molecule has 6 rings (SSSR count). The van der Waals surface area contributed by atoms with Gasteiger partial charge >= 0.3 is 0 Å². The Hall–Kier alpha value is -4.14. The summed E-state index contributed by atoms with van der Waals surface area (Å²) in [7, 11) is 0. The van der Waals surface area contributed by atoms with Gasteiger partial charge in [-0.15, -0.1) is 0 Å². The second-order valence-electron chi connectivity index (χ2n) is 9.07. The van der Waals surface area contributed by atoms with E-state index in [-0.39, 0.29) is 17.5 Å². The van der Waals surface area contributed by atoms with E-state index in [1.807, 2.05) is 42.5 Å². The molecule has 9 nitrogen and oxygen atoms in total. The molecule has 3 amide bonds. The van der Waals surface area contributed by atoms with Crippen LogP contribution in [0.15, 0.2) is 42.5 Å². The molecule has 3 aromatic rings. The summed E-state index contributed by atoms with van der Waals surface area (Å²) in [6.45, 7) is 1.73. The summed E-state index contributed by atoms with van der Waals surface area (Å²) in [4.78, 5) is 41.7. The Morgan fingerprint density at radius 1 is 0.886 bits per heavy atom. The highest BCUT2D eigenvalue weighted by molar-refractivity contribution is 6.09. The summed E-state index contributed by atoms with van der Waals surface area (Å²) < 4.78 is 7.13. The van der Waals surface area contributed by atoms with E-state index in [2.05, 4.69) is 5.10 Å². The molecular formula is C26H25N5O4. The number of fused-ring (bicyclic) bond motifs is 2. The molecule has 1 fully saturated rings. The lowest BCUT2D eigenvalue weighted by atomic mass is 10.0. The number of carbonyl (C=O) groups is 3. The molecule has 2 aromatic carbocycles. The van der Waals surface area contributed by atoms with Crippen molar-refractivity contribution in [3.63, 3.8) is 0 Å². The van der Waals surface area contributed by atoms with E-state index in [0.29, 0.717) is 49.5 Å². The first-order chi connectivity index (χ1) is 17.0. The van der Waals surface area contributed by atoms with E-state index in [9.17, 15) is 14.4 Å². The number of anilines is 2. The van der Waals surface area contributed by atoms with Gasteiger partial charge in [-0.25, -0.2) is 4.68 Å². The Morgan fingerprint density at radius 2 is 1.63 bits per heavy atom. The SMILES string of the molecule is NC(=O)c1nn(-c2ccc3c(c2)CCO3)c2c1CCN(c1ccc(N3CCCCC3=O)cc1)C2=O. The number of carbonyl (C=O) groups excluding carboxylic acids is 3. The highest BCUT2D eigenvalue weighted by Crippen LogP contribution is 2.32. The molecule has 0 aliphatic carbocycles. The molecule has 35 heavy (non-hydrogen) atoms. The van der Waals surface area contributed by atoms with Crippen molar-refractivity contribution >= 4 is 29.1 Å². The highest BCUT2D eigenvalue weighted by Gasteiger charge is 2.35. The van der Waals surface area contributed by atoms with Gasteiger partial charge in [-0.1, -0.05) is 0 Å². The van der Waals surface area contributed by atoms with Crippen molar-refractivity contribution in [2.45, 2.75) is 32.1 Å². The van der Waals surface area contributed by atoms with Gasteiger partial charge in [0.2, 0.25) is 5.91 Å². The van der Waals surface area contributed by atoms with Crippen LogP contribution in [0, 0.1) is 0 Å². The van der Waals surface area contributed by atoms with Crippen molar-refractivity contribution in [1.29, 1.82) is 0 Å². The van der Waals surface area contributed by atoms with Crippen LogP contribution >= 0.6 is 0 Å². The fourth-order valence-corrected chi connectivity index (χ4v) is 5.19. The van der Waals surface area contributed by atoms with Crippen molar-refractivity contribution in [3.8, 4) is 11.4 Å². The van der Waals surface area contributed by atoms with Crippen molar-refractivity contribution < 1.29 is 19.1 Å². The summed E-state index contributed by atoms with van der Waals surface area (Å²) in [6, 6.07) is 13.1. The molecule has 3 aliphatic heterocycles. The van der Waals surface area contributed by atoms with Gasteiger partial charge in [0, 0.05) is 42.9 Å². The maximum Gasteiger partial charge on any atom is 0.277 e. The number of nitrogens with zero attached hydrogens (tertiary/aromatic N) is 4. The maximum absolute atomic E-state index is 13.7. The first-order valence-electron chi connectivity index (χ1n) is 11.9. The van der Waals surface area contributed by atoms with E-state index < -0.39 is 5.91 Å². The smallest absolute Gasteiger partial charge is 0.277 e. The number of hydrogen-bond donors (Lipinski definition) is 1. The number of aromatic nitrogens is 2. The van der Waals surface area contributed by atoms with Gasteiger partial charge < -0.3 is 20.3 Å². The summed E-state index contributed by atoms with van der Waals surface area (Å²) in [6.07, 6.45) is 3.72. The Morgan fingerprint density at radius 3 is 2.37 bits per heavy atom. The minimum absolute atomic E-state index is 0.128. The molecular weight excluding hydrogens is 446 g/mol. The molecule has 178 valence electrons. The number of ether oxygens (including phenoxy) is 1. The monoisotopic (exact) mass is 471 g/mol. The van der Waals surface area contributed by atoms with Crippen molar-refractivity contribution in [1.82, 2.24) is 9.78 Å². The molecule has 1 aromatic heterocycles. The van der Waals surface area contributed by atoms with Gasteiger partial charge in [-0.2, -0.15) is 5.10 Å². The molecule has 0 radical (unpaired) electrons. The largest absolute Gasteiger partial charge is 0.493 e. The summed E-state index contributed by atoms with van der Waals surface area (Å²) in [5.74, 6) is 0.0570. The van der Waals surface area contributed by atoms with E-state index >= 15 is 0 Å². The van der Waals surface area contributed by atoms with Crippen LogP contribution in [-0.4, -0.2) is 47.2 Å². The minimum Gasteiger partial charge on any atom is -0.493 e. The zero-order chi connectivity index (χ0) is 24.1. The van der Waals surface area contributed by atoms with Crippen LogP contribution in [0.1, 0.15) is 51.4 Å². The number of rotatable bonds is 4. The standard InChI is InChI=1S/C26H25N5O4/c27-25(33)23-20-10-13-30(18-6-4-17(5-7-18)29-12-2-1-3-22(29)32)26(34)24(20)31(28-23)19-8-9-21-16(15-19)11-14-35-21/h4-9,15H,1-3,10-14H2,(H2,27,33). The Kier molecular flexibility index (Phi) is 5.05. The number of hydrogen-bond acceptors (Lipinski definition) is 5. The van der Waals surface area contributed by atoms with Crippen LogP contribution in [0.4, 0.5) is 11.4 Å². The number of piperidine rings is 1. The lowest BCUT2D eigenvalue weighted by Gasteiger charge is -2.29. The van der Waals surface area contributed by atoms with E-state index in [0.717, 1.165) is 42.0 Å². The third-order valence-electron chi connectivity index (χ3n) is 6.96. The Bertz CT molecular complexity index is 1360. The predicted octanol–water partition coefficient (Wildman–Crippen LogP) is 2.63. The van der Waals surface area contributed by atoms with Gasteiger partial charge in [0.25, 0.3) is 11.8 Å². The van der Waals surface area contributed by atoms with Crippen LogP contribution in [-0.2, 0) is 17.6 Å². The Balaban J connectivity index is 1.36. The molecule has 9 heteroatoms. The van der Waals surface area contributed by atoms with Crippen LogP contribution in [0.5, 0.6) is 5.75 Å². The van der Waals surface area contributed by atoms with E-state index in [1.165, 1.54) is 4.68 Å². The van der Waals surface area contributed by atoms with Crippen molar-refractivity contribution in [3.05, 3.63) is 65.0 Å². The van der Waals surface area contributed by atoms with Gasteiger partial charge in [0.05, 0.1) is 12.3 Å². The fourth-order valence-electron chi connectivity index (χ4n) is 5.19. The first kappa shape index (κ1) is 21.4. The van der Waals surface area contributed by atoms with E-state index in [4.69, 9.17) is 10.5 Å². The molecule has 3 aliphatic rings. The second kappa shape index (κ2) is 8.26. The van der Waals surface area contributed by atoms with Gasteiger partial charge in [-0.05, 0) is 67.3 Å². The fraction of sp³-hybridized carbons (Fsp3) is 0.308. The lowest BCUT2D eigenvalue weighted by molar-refractivity contribution is -0.119. The average Bonchev–Trinajstić information content (AvgIpc) is 3.50. The topological polar surface area (TPSA) is 111 Å². The number of primary amides is 1. The first-order valence-corrected chi connectivity index (χ1v) is 11.9. The summed E-state index contributed by atoms with van der Waals surface area (Å²) in [5, 5.41) is 4.46.